The van der Waals surface area contributed by atoms with Crippen molar-refractivity contribution in [2.45, 2.75) is 18.8 Å². The summed E-state index contributed by atoms with van der Waals surface area (Å²) in [5, 5.41) is 3.00. The lowest BCUT2D eigenvalue weighted by molar-refractivity contribution is -0.120. The number of halogens is 3. The number of rotatable bonds is 5. The van der Waals surface area contributed by atoms with E-state index in [1.807, 2.05) is 24.3 Å². The van der Waals surface area contributed by atoms with Gasteiger partial charge in [0.1, 0.15) is 5.82 Å². The van der Waals surface area contributed by atoms with Crippen molar-refractivity contribution in [1.82, 2.24) is 5.32 Å². The van der Waals surface area contributed by atoms with Crippen molar-refractivity contribution in [1.29, 1.82) is 0 Å². The van der Waals surface area contributed by atoms with E-state index in [1.54, 1.807) is 6.07 Å². The first-order valence-corrected chi connectivity index (χ1v) is 7.34. The van der Waals surface area contributed by atoms with Gasteiger partial charge in [-0.2, -0.15) is 0 Å². The molecule has 0 bridgehead atoms. The van der Waals surface area contributed by atoms with Crippen LogP contribution in [0.5, 0.6) is 0 Å². The van der Waals surface area contributed by atoms with Gasteiger partial charge in [0, 0.05) is 23.0 Å². The van der Waals surface area contributed by atoms with Gasteiger partial charge in [0.05, 0.1) is 6.42 Å². The van der Waals surface area contributed by atoms with E-state index in [1.165, 1.54) is 12.1 Å². The Morgan fingerprint density at radius 3 is 2.38 bits per heavy atom. The molecule has 0 saturated carbocycles. The number of nitrogens with one attached hydrogen (secondary N) is 1. The molecule has 0 fully saturated rings. The SMILES string of the molecule is O=C(Cc1c(F)cccc1Cl)NCc1ccc(CCl)cc1. The Kier molecular flexibility index (Phi) is 5.59. The summed E-state index contributed by atoms with van der Waals surface area (Å²) < 4.78 is 13.6. The number of benzene rings is 2. The summed E-state index contributed by atoms with van der Waals surface area (Å²) in [6.07, 6.45) is -0.0781. The van der Waals surface area contributed by atoms with Crippen LogP contribution < -0.4 is 5.32 Å². The molecule has 1 amide bonds. The Labute approximate surface area is 132 Å². The molecule has 0 aliphatic rings. The Balaban J connectivity index is 1.92. The average molecular weight is 326 g/mol. The lowest BCUT2D eigenvalue weighted by atomic mass is 10.1. The van der Waals surface area contributed by atoms with E-state index in [2.05, 4.69) is 5.32 Å². The van der Waals surface area contributed by atoms with E-state index in [-0.39, 0.29) is 22.9 Å². The fraction of sp³-hybridized carbons (Fsp3) is 0.188. The molecule has 0 radical (unpaired) electrons. The molecule has 0 atom stereocenters. The summed E-state index contributed by atoms with van der Waals surface area (Å²) in [7, 11) is 0. The molecule has 5 heteroatoms. The first-order chi connectivity index (χ1) is 10.1. The third-order valence-electron chi connectivity index (χ3n) is 3.07. The molecule has 0 spiro atoms. The number of hydrogen-bond donors (Lipinski definition) is 1. The van der Waals surface area contributed by atoms with Crippen molar-refractivity contribution in [3.8, 4) is 0 Å². The van der Waals surface area contributed by atoms with Crippen molar-refractivity contribution in [2.24, 2.45) is 0 Å². The normalized spacial score (nSPS) is 10.4. The highest BCUT2D eigenvalue weighted by Gasteiger charge is 2.11. The molecular weight excluding hydrogens is 312 g/mol. The van der Waals surface area contributed by atoms with Crippen LogP contribution in [0.1, 0.15) is 16.7 Å². The minimum Gasteiger partial charge on any atom is -0.352 e. The van der Waals surface area contributed by atoms with E-state index in [0.717, 1.165) is 11.1 Å². The maximum atomic E-state index is 13.6. The van der Waals surface area contributed by atoms with Crippen LogP contribution in [0.25, 0.3) is 0 Å². The highest BCUT2D eigenvalue weighted by molar-refractivity contribution is 6.31. The minimum atomic E-state index is -0.468. The standard InChI is InChI=1S/C16H14Cl2FNO/c17-9-11-4-6-12(7-5-11)10-20-16(21)8-13-14(18)2-1-3-15(13)19/h1-7H,8-10H2,(H,20,21). The molecule has 0 aliphatic heterocycles. The molecule has 2 rings (SSSR count). The van der Waals surface area contributed by atoms with Crippen LogP contribution in [-0.4, -0.2) is 5.91 Å². The lowest BCUT2D eigenvalue weighted by Crippen LogP contribution is -2.25. The smallest absolute Gasteiger partial charge is 0.224 e. The van der Waals surface area contributed by atoms with E-state index in [9.17, 15) is 9.18 Å². The molecular formula is C16H14Cl2FNO. The molecule has 0 aliphatic carbocycles. The van der Waals surface area contributed by atoms with Crippen LogP contribution in [0.2, 0.25) is 5.02 Å². The third-order valence-corrected chi connectivity index (χ3v) is 3.73. The molecule has 21 heavy (non-hydrogen) atoms. The lowest BCUT2D eigenvalue weighted by Gasteiger charge is -2.08. The first kappa shape index (κ1) is 15.8. The number of carbonyl (C=O) groups is 1. The van der Waals surface area contributed by atoms with E-state index < -0.39 is 5.82 Å². The van der Waals surface area contributed by atoms with Crippen molar-refractivity contribution >= 4 is 29.1 Å². The van der Waals surface area contributed by atoms with Gasteiger partial charge < -0.3 is 5.32 Å². The molecule has 0 heterocycles. The summed E-state index contributed by atoms with van der Waals surface area (Å²) in [5.41, 5.74) is 2.19. The molecule has 2 nitrogen and oxygen atoms in total. The van der Waals surface area contributed by atoms with Crippen LogP contribution >= 0.6 is 23.2 Å². The topological polar surface area (TPSA) is 29.1 Å². The Hall–Kier alpha value is -1.58. The minimum absolute atomic E-state index is 0.0781. The fourth-order valence-corrected chi connectivity index (χ4v) is 2.28. The largest absolute Gasteiger partial charge is 0.352 e. The van der Waals surface area contributed by atoms with Gasteiger partial charge in [0.15, 0.2) is 0 Å². The Morgan fingerprint density at radius 2 is 1.76 bits per heavy atom. The summed E-state index contributed by atoms with van der Waals surface area (Å²) in [6.45, 7) is 0.382. The van der Waals surface area contributed by atoms with E-state index in [4.69, 9.17) is 23.2 Å². The number of alkyl halides is 1. The Bertz CT molecular complexity index is 608. The molecule has 110 valence electrons. The van der Waals surface area contributed by atoms with Gasteiger partial charge in [-0.3, -0.25) is 4.79 Å². The van der Waals surface area contributed by atoms with Crippen molar-refractivity contribution in [3.63, 3.8) is 0 Å². The maximum Gasteiger partial charge on any atom is 0.224 e. The second kappa shape index (κ2) is 7.43. The average Bonchev–Trinajstić information content (AvgIpc) is 2.49. The van der Waals surface area contributed by atoms with E-state index >= 15 is 0 Å². The fourth-order valence-electron chi connectivity index (χ4n) is 1.87. The predicted octanol–water partition coefficient (Wildman–Crippen LogP) is 4.08. The van der Waals surface area contributed by atoms with Crippen molar-refractivity contribution < 1.29 is 9.18 Å². The van der Waals surface area contributed by atoms with E-state index in [0.29, 0.717) is 12.4 Å². The number of hydrogen-bond acceptors (Lipinski definition) is 1. The van der Waals surface area contributed by atoms with Crippen LogP contribution in [0.15, 0.2) is 42.5 Å². The first-order valence-electron chi connectivity index (χ1n) is 6.43. The second-order valence-corrected chi connectivity index (χ2v) is 5.28. The van der Waals surface area contributed by atoms with Gasteiger partial charge in [-0.1, -0.05) is 41.9 Å². The highest BCUT2D eigenvalue weighted by Crippen LogP contribution is 2.19. The third kappa shape index (κ3) is 4.45. The molecule has 2 aromatic carbocycles. The zero-order valence-electron chi connectivity index (χ0n) is 11.2. The van der Waals surface area contributed by atoms with Gasteiger partial charge >= 0.3 is 0 Å². The second-order valence-electron chi connectivity index (χ2n) is 4.60. The zero-order valence-corrected chi connectivity index (χ0v) is 12.7. The van der Waals surface area contributed by atoms with Crippen molar-refractivity contribution in [3.05, 3.63) is 70.0 Å². The summed E-state index contributed by atoms with van der Waals surface area (Å²) in [5.74, 6) is -0.286. The maximum absolute atomic E-state index is 13.6. The summed E-state index contributed by atoms with van der Waals surface area (Å²) >= 11 is 11.6. The van der Waals surface area contributed by atoms with Crippen LogP contribution in [0.4, 0.5) is 4.39 Å². The molecule has 0 saturated heterocycles. The van der Waals surface area contributed by atoms with Gasteiger partial charge in [-0.15, -0.1) is 11.6 Å². The quantitative estimate of drug-likeness (QED) is 0.824. The Morgan fingerprint density at radius 1 is 1.10 bits per heavy atom. The number of carbonyl (C=O) groups excluding carboxylic acids is 1. The molecule has 0 unspecified atom stereocenters. The van der Waals surface area contributed by atoms with Gasteiger partial charge in [0.2, 0.25) is 5.91 Å². The highest BCUT2D eigenvalue weighted by atomic mass is 35.5. The molecule has 1 N–H and O–H groups in total. The van der Waals surface area contributed by atoms with Gasteiger partial charge in [-0.25, -0.2) is 4.39 Å². The molecule has 2 aromatic rings. The van der Waals surface area contributed by atoms with Crippen molar-refractivity contribution in [2.75, 3.05) is 0 Å². The zero-order chi connectivity index (χ0) is 15.2. The van der Waals surface area contributed by atoms with Gasteiger partial charge in [-0.05, 0) is 23.3 Å². The summed E-state index contributed by atoms with van der Waals surface area (Å²) in [4.78, 5) is 11.9. The number of amides is 1. The predicted molar refractivity (Wildman–Crippen MR) is 83.0 cm³/mol. The van der Waals surface area contributed by atoms with Gasteiger partial charge in [0.25, 0.3) is 0 Å². The summed E-state index contributed by atoms with van der Waals surface area (Å²) in [6, 6.07) is 12.0. The molecule has 0 aromatic heterocycles. The van der Waals surface area contributed by atoms with Crippen LogP contribution in [0.3, 0.4) is 0 Å². The van der Waals surface area contributed by atoms with Crippen LogP contribution in [-0.2, 0) is 23.6 Å². The van der Waals surface area contributed by atoms with Crippen LogP contribution in [0, 0.1) is 5.82 Å². The monoisotopic (exact) mass is 325 g/mol.